The lowest BCUT2D eigenvalue weighted by Crippen LogP contribution is -2.40. The summed E-state index contributed by atoms with van der Waals surface area (Å²) in [5.41, 5.74) is -1.48. The Morgan fingerprint density at radius 1 is 1.35 bits per heavy atom. The van der Waals surface area contributed by atoms with Crippen LogP contribution in [0.15, 0.2) is 15.8 Å². The van der Waals surface area contributed by atoms with Crippen LogP contribution in [-0.2, 0) is 13.8 Å². The number of ether oxygens (including phenoxy) is 1. The zero-order valence-corrected chi connectivity index (χ0v) is 12.5. The summed E-state index contributed by atoms with van der Waals surface area (Å²) in [6.45, 7) is 1.38. The highest BCUT2D eigenvalue weighted by molar-refractivity contribution is 7.46. The lowest BCUT2D eigenvalue weighted by atomic mass is 10.1. The van der Waals surface area contributed by atoms with E-state index < -0.39 is 49.9 Å². The number of nitrogens with zero attached hydrogens (tertiary/aromatic N) is 1. The molecule has 12 nitrogen and oxygen atoms in total. The summed E-state index contributed by atoms with van der Waals surface area (Å²) in [5.74, 6) is 0. The molecule has 0 radical (unpaired) electrons. The third kappa shape index (κ3) is 3.76. The predicted octanol–water partition coefficient (Wildman–Crippen LogP) is -3.11. The number of aromatic amines is 1. The number of hydrogen-bond donors (Lipinski definition) is 6. The second-order valence-corrected chi connectivity index (χ2v) is 6.13. The van der Waals surface area contributed by atoms with Crippen molar-refractivity contribution in [1.82, 2.24) is 9.55 Å². The molecule has 0 bridgehead atoms. The van der Waals surface area contributed by atoms with Crippen molar-refractivity contribution in [3.8, 4) is 0 Å². The van der Waals surface area contributed by atoms with Gasteiger partial charge in [-0.2, -0.15) is 0 Å². The molecular weight excluding hydrogens is 339 g/mol. The maximum atomic E-state index is 11.8. The van der Waals surface area contributed by atoms with Gasteiger partial charge in [0, 0.05) is 11.8 Å². The summed E-state index contributed by atoms with van der Waals surface area (Å²) >= 11 is 0. The zero-order valence-electron chi connectivity index (χ0n) is 11.6. The van der Waals surface area contributed by atoms with Crippen molar-refractivity contribution in [1.29, 1.82) is 0 Å². The van der Waals surface area contributed by atoms with Crippen molar-refractivity contribution < 1.29 is 38.9 Å². The summed E-state index contributed by atoms with van der Waals surface area (Å²) in [6.07, 6.45) is -7.96. The third-order valence-electron chi connectivity index (χ3n) is 3.22. The monoisotopic (exact) mass is 354 g/mol. The second-order valence-electron chi connectivity index (χ2n) is 4.94. The number of aromatic nitrogens is 2. The molecule has 0 aromatic carbocycles. The second kappa shape index (κ2) is 6.26. The molecule has 2 unspecified atom stereocenters. The Bertz CT molecular complexity index is 738. The molecule has 2 heterocycles. The molecule has 130 valence electrons. The van der Waals surface area contributed by atoms with E-state index in [1.807, 2.05) is 4.98 Å². The predicted molar refractivity (Wildman–Crippen MR) is 71.1 cm³/mol. The van der Waals surface area contributed by atoms with Crippen LogP contribution >= 0.6 is 7.82 Å². The lowest BCUT2D eigenvalue weighted by molar-refractivity contribution is -0.161. The van der Waals surface area contributed by atoms with E-state index in [1.165, 1.54) is 6.92 Å². The van der Waals surface area contributed by atoms with Crippen LogP contribution in [0.1, 0.15) is 11.8 Å². The molecule has 1 aromatic rings. The van der Waals surface area contributed by atoms with Crippen molar-refractivity contribution in [3.05, 3.63) is 32.6 Å². The molecule has 1 aromatic heterocycles. The van der Waals surface area contributed by atoms with Crippen LogP contribution in [0.25, 0.3) is 0 Å². The number of aliphatic hydroxyl groups is 3. The van der Waals surface area contributed by atoms with Crippen molar-refractivity contribution in [2.75, 3.05) is 0 Å². The van der Waals surface area contributed by atoms with Crippen LogP contribution in [0, 0.1) is 6.92 Å². The number of nitrogens with one attached hydrogen (secondary N) is 1. The first kappa shape index (κ1) is 18.0. The Morgan fingerprint density at radius 2 is 1.96 bits per heavy atom. The van der Waals surface area contributed by atoms with Gasteiger partial charge >= 0.3 is 13.5 Å². The Morgan fingerprint density at radius 3 is 2.52 bits per heavy atom. The number of phosphoric acid groups is 1. The van der Waals surface area contributed by atoms with Crippen LogP contribution in [0.5, 0.6) is 0 Å². The third-order valence-corrected chi connectivity index (χ3v) is 3.71. The Hall–Kier alpha value is -1.37. The van der Waals surface area contributed by atoms with E-state index in [-0.39, 0.29) is 5.56 Å². The molecule has 1 aliphatic heterocycles. The molecule has 23 heavy (non-hydrogen) atoms. The highest BCUT2D eigenvalue weighted by Crippen LogP contribution is 2.40. The minimum absolute atomic E-state index is 0.116. The van der Waals surface area contributed by atoms with Gasteiger partial charge in [0.2, 0.25) is 0 Å². The molecule has 2 rings (SSSR count). The largest absolute Gasteiger partial charge is 0.472 e. The van der Waals surface area contributed by atoms with E-state index in [0.717, 1.165) is 10.8 Å². The van der Waals surface area contributed by atoms with Crippen LogP contribution in [0.3, 0.4) is 0 Å². The minimum Gasteiger partial charge on any atom is -0.387 e. The highest BCUT2D eigenvalue weighted by atomic mass is 31.2. The fourth-order valence-electron chi connectivity index (χ4n) is 2.13. The quantitative estimate of drug-likeness (QED) is 0.238. The maximum absolute atomic E-state index is 11.8. The van der Waals surface area contributed by atoms with Gasteiger partial charge in [-0.25, -0.2) is 9.36 Å². The van der Waals surface area contributed by atoms with Crippen molar-refractivity contribution in [2.45, 2.75) is 37.8 Å². The first-order valence-electron chi connectivity index (χ1n) is 6.27. The van der Waals surface area contributed by atoms with E-state index in [2.05, 4.69) is 4.52 Å². The Labute approximate surface area is 127 Å². The summed E-state index contributed by atoms with van der Waals surface area (Å²) in [7, 11) is -5.07. The van der Waals surface area contributed by atoms with Crippen LogP contribution < -0.4 is 11.2 Å². The van der Waals surface area contributed by atoms with Gasteiger partial charge < -0.3 is 29.8 Å². The van der Waals surface area contributed by atoms with Gasteiger partial charge in [0.1, 0.15) is 18.3 Å². The van der Waals surface area contributed by atoms with E-state index >= 15 is 0 Å². The summed E-state index contributed by atoms with van der Waals surface area (Å²) in [4.78, 5) is 42.3. The SMILES string of the molecule is Cc1cn(C2O[C@H](C(O)OP(=O)(O)O)[C@@H](O)[C@@H]2O)c(=O)[nH]c1=O. The van der Waals surface area contributed by atoms with E-state index in [9.17, 15) is 29.5 Å². The van der Waals surface area contributed by atoms with Gasteiger partial charge in [-0.05, 0) is 6.92 Å². The number of aryl methyl sites for hydroxylation is 1. The van der Waals surface area contributed by atoms with Crippen molar-refractivity contribution in [3.63, 3.8) is 0 Å². The number of phosphoric ester groups is 1. The zero-order chi connectivity index (χ0) is 17.5. The molecule has 1 fully saturated rings. The summed E-state index contributed by atoms with van der Waals surface area (Å²) in [5, 5.41) is 29.3. The topological polar surface area (TPSA) is 192 Å². The van der Waals surface area contributed by atoms with Crippen LogP contribution in [-0.4, -0.2) is 59.3 Å². The molecule has 6 N–H and O–H groups in total. The standard InChI is InChI=1S/C10H15N2O10P/c1-3-2-12(10(17)11-7(3)15)8-5(14)4(13)6(21-8)9(16)22-23(18,19)20/h2,4-6,8-9,13-14,16H,1H3,(H,11,15,17)(H2,18,19,20)/t4-,5-,6-,8?,9?/m0/s1. The summed E-state index contributed by atoms with van der Waals surface area (Å²) < 4.78 is 20.5. The molecule has 0 amide bonds. The van der Waals surface area contributed by atoms with Crippen molar-refractivity contribution in [2.24, 2.45) is 0 Å². The Balaban J connectivity index is 2.30. The van der Waals surface area contributed by atoms with Gasteiger partial charge in [0.25, 0.3) is 5.56 Å². The maximum Gasteiger partial charge on any atom is 0.472 e. The van der Waals surface area contributed by atoms with Gasteiger partial charge in [0.05, 0.1) is 0 Å². The molecule has 0 saturated carbocycles. The van der Waals surface area contributed by atoms with Crippen LogP contribution in [0.2, 0.25) is 0 Å². The molecule has 0 spiro atoms. The fourth-order valence-corrected chi connectivity index (χ4v) is 2.53. The number of hydrogen-bond acceptors (Lipinski definition) is 8. The molecule has 0 aliphatic carbocycles. The van der Waals surface area contributed by atoms with Gasteiger partial charge in [-0.3, -0.25) is 18.9 Å². The molecule has 5 atom stereocenters. The van der Waals surface area contributed by atoms with Crippen molar-refractivity contribution >= 4 is 7.82 Å². The molecule has 1 saturated heterocycles. The lowest BCUT2D eigenvalue weighted by Gasteiger charge is -2.21. The molecule has 1 aliphatic rings. The average molecular weight is 354 g/mol. The molecular formula is C10H15N2O10P. The number of rotatable bonds is 4. The Kier molecular flexibility index (Phi) is 4.89. The van der Waals surface area contributed by atoms with Gasteiger partial charge in [0.15, 0.2) is 12.5 Å². The first-order valence-corrected chi connectivity index (χ1v) is 7.80. The van der Waals surface area contributed by atoms with E-state index in [1.54, 1.807) is 0 Å². The first-order chi connectivity index (χ1) is 10.5. The van der Waals surface area contributed by atoms with Gasteiger partial charge in [-0.1, -0.05) is 0 Å². The average Bonchev–Trinajstić information content (AvgIpc) is 2.69. The fraction of sp³-hybridized carbons (Fsp3) is 0.600. The summed E-state index contributed by atoms with van der Waals surface area (Å²) in [6, 6.07) is 0. The van der Waals surface area contributed by atoms with Gasteiger partial charge in [-0.15, -0.1) is 0 Å². The van der Waals surface area contributed by atoms with E-state index in [4.69, 9.17) is 14.5 Å². The number of H-pyrrole nitrogens is 1. The molecule has 13 heteroatoms. The van der Waals surface area contributed by atoms with E-state index in [0.29, 0.717) is 0 Å². The normalized spacial score (nSPS) is 29.7. The smallest absolute Gasteiger partial charge is 0.387 e. The number of aliphatic hydroxyl groups excluding tert-OH is 3. The van der Waals surface area contributed by atoms with Crippen LogP contribution in [0.4, 0.5) is 0 Å². The minimum atomic E-state index is -5.07. The highest BCUT2D eigenvalue weighted by Gasteiger charge is 2.49.